The molecule has 2 aliphatic carbocycles. The predicted octanol–water partition coefficient (Wildman–Crippen LogP) is 8.78. The molecule has 3 N–H and O–H groups in total. The summed E-state index contributed by atoms with van der Waals surface area (Å²) in [6.45, 7) is 20.3. The van der Waals surface area contributed by atoms with Crippen LogP contribution in [0.25, 0.3) is 0 Å². The Labute approximate surface area is 267 Å². The van der Waals surface area contributed by atoms with Gasteiger partial charge in [0.15, 0.2) is 5.78 Å². The highest BCUT2D eigenvalue weighted by Crippen LogP contribution is 2.53. The molecule has 0 aromatic heterocycles. The molecule has 2 aliphatic rings. The fourth-order valence-electron chi connectivity index (χ4n) is 6.10. The number of carbonyl (C=O) groups excluding carboxylic acids is 1. The molecule has 0 bridgehead atoms. The smallest absolute Gasteiger partial charge is 0.162 e. The largest absolute Gasteiger partial charge is 0.393 e. The molecule has 0 spiro atoms. The van der Waals surface area contributed by atoms with E-state index in [9.17, 15) is 20.1 Å². The Hall–Kier alpha value is -3.05. The van der Waals surface area contributed by atoms with Crippen LogP contribution >= 0.6 is 0 Å². The second-order valence-electron chi connectivity index (χ2n) is 14.3. The van der Waals surface area contributed by atoms with Gasteiger partial charge in [0.2, 0.25) is 0 Å². The first-order valence-electron chi connectivity index (χ1n) is 15.8. The zero-order valence-corrected chi connectivity index (χ0v) is 28.7. The maximum absolute atomic E-state index is 12.9. The van der Waals surface area contributed by atoms with E-state index in [0.29, 0.717) is 19.3 Å². The molecule has 2 rings (SSSR count). The molecule has 0 aromatic rings. The van der Waals surface area contributed by atoms with Crippen LogP contribution < -0.4 is 0 Å². The number of aliphatic hydroxyl groups is 3. The first-order valence-corrected chi connectivity index (χ1v) is 15.8. The van der Waals surface area contributed by atoms with Crippen LogP contribution in [-0.2, 0) is 4.79 Å². The van der Waals surface area contributed by atoms with E-state index in [-0.39, 0.29) is 16.6 Å². The maximum Gasteiger partial charge on any atom is 0.162 e. The topological polar surface area (TPSA) is 77.8 Å². The summed E-state index contributed by atoms with van der Waals surface area (Å²) >= 11 is 0. The molecular formula is C40H56O4. The predicted molar refractivity (Wildman–Crippen MR) is 186 cm³/mol. The van der Waals surface area contributed by atoms with Gasteiger partial charge in [-0.15, -0.1) is 0 Å². The zero-order valence-electron chi connectivity index (χ0n) is 28.7. The van der Waals surface area contributed by atoms with E-state index >= 15 is 0 Å². The maximum atomic E-state index is 12.9. The van der Waals surface area contributed by atoms with Gasteiger partial charge >= 0.3 is 0 Å². The van der Waals surface area contributed by atoms with Gasteiger partial charge in [0.25, 0.3) is 0 Å². The number of rotatable bonds is 11. The zero-order chi connectivity index (χ0) is 33.3. The Morgan fingerprint density at radius 3 is 1.64 bits per heavy atom. The molecule has 0 aromatic carbocycles. The molecule has 44 heavy (non-hydrogen) atoms. The van der Waals surface area contributed by atoms with Crippen molar-refractivity contribution < 1.29 is 20.1 Å². The molecule has 0 radical (unpaired) electrons. The number of hydrogen-bond donors (Lipinski definition) is 3. The summed E-state index contributed by atoms with van der Waals surface area (Å²) in [4.78, 5) is 12.9. The minimum Gasteiger partial charge on any atom is -0.393 e. The van der Waals surface area contributed by atoms with Gasteiger partial charge in [0.1, 0.15) is 6.10 Å². The van der Waals surface area contributed by atoms with E-state index < -0.39 is 23.7 Å². The van der Waals surface area contributed by atoms with Gasteiger partial charge < -0.3 is 15.3 Å². The average molecular weight is 601 g/mol. The second-order valence-corrected chi connectivity index (χ2v) is 14.3. The van der Waals surface area contributed by atoms with Crippen molar-refractivity contribution in [3.8, 4) is 0 Å². The molecule has 0 amide bonds. The van der Waals surface area contributed by atoms with Gasteiger partial charge in [-0.05, 0) is 81.9 Å². The van der Waals surface area contributed by atoms with E-state index in [1.165, 1.54) is 0 Å². The third kappa shape index (κ3) is 10.3. The molecular weight excluding hydrogens is 544 g/mol. The molecule has 0 saturated heterocycles. The number of hydrogen-bond acceptors (Lipinski definition) is 4. The van der Waals surface area contributed by atoms with E-state index in [1.807, 2.05) is 77.2 Å². The van der Waals surface area contributed by atoms with Gasteiger partial charge in [-0.3, -0.25) is 4.79 Å². The minimum absolute atomic E-state index is 0.0775. The van der Waals surface area contributed by atoms with Crippen LogP contribution in [0, 0.1) is 16.2 Å². The summed E-state index contributed by atoms with van der Waals surface area (Å²) in [5.74, 6) is 0.0775. The third-order valence-corrected chi connectivity index (χ3v) is 9.39. The van der Waals surface area contributed by atoms with Crippen molar-refractivity contribution in [2.75, 3.05) is 0 Å². The molecule has 4 heteroatoms. The molecule has 4 unspecified atom stereocenters. The van der Waals surface area contributed by atoms with Crippen LogP contribution in [0.5, 0.6) is 0 Å². The molecule has 240 valence electrons. The van der Waals surface area contributed by atoms with Crippen molar-refractivity contribution in [3.05, 3.63) is 119 Å². The molecule has 0 heterocycles. The summed E-state index contributed by atoms with van der Waals surface area (Å²) in [6, 6.07) is 0. The minimum atomic E-state index is -0.801. The van der Waals surface area contributed by atoms with Gasteiger partial charge in [-0.1, -0.05) is 136 Å². The van der Waals surface area contributed by atoms with Gasteiger partial charge in [0, 0.05) is 5.41 Å². The highest BCUT2D eigenvalue weighted by molar-refractivity contribution is 5.95. The van der Waals surface area contributed by atoms with Crippen molar-refractivity contribution in [1.82, 2.24) is 0 Å². The summed E-state index contributed by atoms with van der Waals surface area (Å²) in [5, 5.41) is 30.5. The van der Waals surface area contributed by atoms with E-state index in [0.717, 1.165) is 33.4 Å². The van der Waals surface area contributed by atoms with Crippen molar-refractivity contribution in [1.29, 1.82) is 0 Å². The summed E-state index contributed by atoms with van der Waals surface area (Å²) < 4.78 is 0. The number of ketones is 1. The van der Waals surface area contributed by atoms with Crippen LogP contribution in [-0.4, -0.2) is 39.4 Å². The van der Waals surface area contributed by atoms with Crippen molar-refractivity contribution in [2.45, 2.75) is 107 Å². The first-order chi connectivity index (χ1) is 20.4. The Balaban J connectivity index is 1.91. The van der Waals surface area contributed by atoms with Crippen LogP contribution in [0.1, 0.15) is 88.5 Å². The monoisotopic (exact) mass is 600 g/mol. The quantitative estimate of drug-likeness (QED) is 0.164. The van der Waals surface area contributed by atoms with Gasteiger partial charge in [-0.2, -0.15) is 0 Å². The standard InChI is InChI=1S/C40H56O4/c1-28(17-13-19-30(3)21-23-34-32(5)37(44)35(42)27-38(34,6)7)15-11-12-16-29(2)18-14-20-31(4)22-24-36(43)40(10)26-33(41)25-39(40,8)9/h11-24,33,35,37,41-42,44H,25-27H2,1-10H3/b12-11+,17-13+,18-14?,23-21+,24-22?,28-15+,29-16?,30-19+,31-20?. The molecule has 4 atom stereocenters. The van der Waals surface area contributed by atoms with Gasteiger partial charge in [-0.25, -0.2) is 0 Å². The van der Waals surface area contributed by atoms with Crippen molar-refractivity contribution >= 4 is 5.78 Å². The highest BCUT2D eigenvalue weighted by atomic mass is 16.3. The van der Waals surface area contributed by atoms with Crippen LogP contribution in [0.15, 0.2) is 119 Å². The lowest BCUT2D eigenvalue weighted by Gasteiger charge is -2.38. The highest BCUT2D eigenvalue weighted by Gasteiger charge is 2.52. The first kappa shape index (κ1) is 37.1. The van der Waals surface area contributed by atoms with Crippen molar-refractivity contribution in [2.24, 2.45) is 16.2 Å². The van der Waals surface area contributed by atoms with Crippen LogP contribution in [0.3, 0.4) is 0 Å². The third-order valence-electron chi connectivity index (χ3n) is 9.39. The Kier molecular flexibility index (Phi) is 13.3. The Morgan fingerprint density at radius 1 is 0.659 bits per heavy atom. The van der Waals surface area contributed by atoms with E-state index in [4.69, 9.17) is 0 Å². The normalized spacial score (nSPS) is 29.1. The lowest BCUT2D eigenvalue weighted by molar-refractivity contribution is -0.127. The number of allylic oxidation sites excluding steroid dienone is 19. The van der Waals surface area contributed by atoms with Crippen molar-refractivity contribution in [3.63, 3.8) is 0 Å². The lowest BCUT2D eigenvalue weighted by atomic mass is 9.66. The molecule has 1 saturated carbocycles. The lowest BCUT2D eigenvalue weighted by Crippen LogP contribution is -2.38. The Bertz CT molecular complexity index is 1350. The summed E-state index contributed by atoms with van der Waals surface area (Å²) in [5.41, 5.74) is 5.31. The van der Waals surface area contributed by atoms with Crippen LogP contribution in [0.2, 0.25) is 0 Å². The van der Waals surface area contributed by atoms with E-state index in [1.54, 1.807) is 6.08 Å². The van der Waals surface area contributed by atoms with Crippen LogP contribution in [0.4, 0.5) is 0 Å². The SMILES string of the molecule is CC(C=CC(=O)C1(C)CC(O)CC1(C)C)=CC=CC(C)=C/C=C/C=C(C)/C=C/C=C(C)/C=C/C1=C(C)C(O)C(O)CC1(C)C. The fourth-order valence-corrected chi connectivity index (χ4v) is 6.10. The summed E-state index contributed by atoms with van der Waals surface area (Å²) in [6.07, 6.45) is 27.7. The van der Waals surface area contributed by atoms with Gasteiger partial charge in [0.05, 0.1) is 12.2 Å². The molecule has 4 nitrogen and oxygen atoms in total. The molecule has 1 fully saturated rings. The van der Waals surface area contributed by atoms with E-state index in [2.05, 4.69) is 71.1 Å². The average Bonchev–Trinajstić information content (AvgIpc) is 3.14. The second kappa shape index (κ2) is 15.8. The Morgan fingerprint density at radius 2 is 1.14 bits per heavy atom. The summed E-state index contributed by atoms with van der Waals surface area (Å²) in [7, 11) is 0. The molecule has 0 aliphatic heterocycles. The number of aliphatic hydroxyl groups excluding tert-OH is 3. The fraction of sp³-hybridized carbons (Fsp3) is 0.475. The number of carbonyl (C=O) groups is 1.